The van der Waals surface area contributed by atoms with Crippen molar-refractivity contribution in [1.82, 2.24) is 15.0 Å². The van der Waals surface area contributed by atoms with Crippen molar-refractivity contribution in [3.63, 3.8) is 0 Å². The van der Waals surface area contributed by atoms with Crippen LogP contribution >= 0.6 is 11.3 Å². The van der Waals surface area contributed by atoms with Gasteiger partial charge in [0.25, 0.3) is 0 Å². The molecule has 3 aromatic heterocycles. The maximum absolute atomic E-state index is 6.17. The molecule has 0 unspecified atom stereocenters. The molecule has 0 aliphatic carbocycles. The molecule has 0 N–H and O–H groups in total. The maximum Gasteiger partial charge on any atom is 0.228 e. The van der Waals surface area contributed by atoms with Crippen LogP contribution in [0.3, 0.4) is 0 Å². The predicted molar refractivity (Wildman–Crippen MR) is 164 cm³/mol. The first-order chi connectivity index (χ1) is 19.8. The number of benzene rings is 5. The zero-order chi connectivity index (χ0) is 26.5. The second-order valence-corrected chi connectivity index (χ2v) is 10.7. The van der Waals surface area contributed by atoms with Gasteiger partial charge in [-0.05, 0) is 30.3 Å². The van der Waals surface area contributed by atoms with E-state index in [0.717, 1.165) is 60.2 Å². The number of oxazole rings is 1. The highest BCUT2D eigenvalue weighted by molar-refractivity contribution is 7.26. The van der Waals surface area contributed by atoms with Gasteiger partial charge in [0.15, 0.2) is 11.4 Å². The van der Waals surface area contributed by atoms with Gasteiger partial charge in [0.1, 0.15) is 5.52 Å². The molecular formula is C35H21N3OS. The first kappa shape index (κ1) is 22.8. The minimum Gasteiger partial charge on any atom is -0.436 e. The number of fused-ring (bicyclic) bond motifs is 4. The molecule has 188 valence electrons. The van der Waals surface area contributed by atoms with Gasteiger partial charge in [-0.15, -0.1) is 11.3 Å². The summed E-state index contributed by atoms with van der Waals surface area (Å²) < 4.78 is 8.48. The number of hydrogen-bond acceptors (Lipinski definition) is 5. The average Bonchev–Trinajstić information content (AvgIpc) is 3.63. The maximum atomic E-state index is 6.17. The van der Waals surface area contributed by atoms with Crippen LogP contribution in [0, 0.1) is 0 Å². The zero-order valence-corrected chi connectivity index (χ0v) is 22.1. The van der Waals surface area contributed by atoms with E-state index in [9.17, 15) is 0 Å². The molecule has 0 radical (unpaired) electrons. The van der Waals surface area contributed by atoms with Crippen LogP contribution in [-0.4, -0.2) is 15.0 Å². The summed E-state index contributed by atoms with van der Waals surface area (Å²) in [5, 5.41) is 2.29. The molecule has 0 amide bonds. The monoisotopic (exact) mass is 531 g/mol. The number of nitrogens with zero attached hydrogens (tertiary/aromatic N) is 3. The van der Waals surface area contributed by atoms with Crippen LogP contribution in [0.15, 0.2) is 132 Å². The van der Waals surface area contributed by atoms with E-state index in [1.54, 1.807) is 11.3 Å². The molecule has 0 atom stereocenters. The van der Waals surface area contributed by atoms with E-state index in [2.05, 4.69) is 66.7 Å². The third-order valence-corrected chi connectivity index (χ3v) is 8.36. The Morgan fingerprint density at radius 1 is 0.550 bits per heavy atom. The largest absolute Gasteiger partial charge is 0.436 e. The van der Waals surface area contributed by atoms with E-state index >= 15 is 0 Å². The Labute approximate surface area is 234 Å². The highest BCUT2D eigenvalue weighted by Crippen LogP contribution is 2.44. The molecule has 0 saturated heterocycles. The third-order valence-electron chi connectivity index (χ3n) is 7.15. The fourth-order valence-corrected chi connectivity index (χ4v) is 6.51. The molecule has 0 spiro atoms. The minimum absolute atomic E-state index is 0.633. The third kappa shape index (κ3) is 3.79. The second kappa shape index (κ2) is 9.26. The van der Waals surface area contributed by atoms with Crippen LogP contribution in [0.25, 0.3) is 76.6 Å². The Morgan fingerprint density at radius 2 is 1.20 bits per heavy atom. The normalized spacial score (nSPS) is 11.5. The summed E-state index contributed by atoms with van der Waals surface area (Å²) in [6.07, 6.45) is 0. The molecule has 0 bridgehead atoms. The van der Waals surface area contributed by atoms with Gasteiger partial charge in [0.2, 0.25) is 5.89 Å². The van der Waals surface area contributed by atoms with E-state index in [0.29, 0.717) is 11.7 Å². The van der Waals surface area contributed by atoms with E-state index in [1.807, 2.05) is 60.7 Å². The molecule has 8 rings (SSSR count). The van der Waals surface area contributed by atoms with Crippen molar-refractivity contribution < 1.29 is 4.42 Å². The highest BCUT2D eigenvalue weighted by atomic mass is 32.1. The number of hydrogen-bond donors (Lipinski definition) is 0. The van der Waals surface area contributed by atoms with Gasteiger partial charge in [0.05, 0.1) is 17.0 Å². The molecule has 4 nitrogen and oxygen atoms in total. The van der Waals surface area contributed by atoms with Gasteiger partial charge < -0.3 is 4.42 Å². The fraction of sp³-hybridized carbons (Fsp3) is 0. The smallest absolute Gasteiger partial charge is 0.228 e. The highest BCUT2D eigenvalue weighted by Gasteiger charge is 2.19. The van der Waals surface area contributed by atoms with Crippen molar-refractivity contribution in [2.45, 2.75) is 0 Å². The van der Waals surface area contributed by atoms with Crippen molar-refractivity contribution in [2.24, 2.45) is 0 Å². The Morgan fingerprint density at radius 3 is 1.93 bits per heavy atom. The van der Waals surface area contributed by atoms with Gasteiger partial charge >= 0.3 is 0 Å². The standard InChI is InChI=1S/C35H21N3OS/c1-3-11-22(12-4-1)28-21-29(23-13-5-2-6-14-23)37-34(36-28)25-16-10-20-31-32(25)24-15-9-17-26(33(24)40-31)35-38-27-18-7-8-19-30(27)39-35/h1-21H. The molecule has 8 aromatic rings. The Kier molecular flexibility index (Phi) is 5.28. The van der Waals surface area contributed by atoms with Crippen LogP contribution in [0.4, 0.5) is 0 Å². The Bertz CT molecular complexity index is 2070. The Balaban J connectivity index is 1.37. The quantitative estimate of drug-likeness (QED) is 0.227. The molecular weight excluding hydrogens is 510 g/mol. The molecule has 0 saturated carbocycles. The van der Waals surface area contributed by atoms with Gasteiger partial charge in [-0.2, -0.15) is 0 Å². The van der Waals surface area contributed by atoms with E-state index in [1.165, 1.54) is 4.70 Å². The molecule has 0 fully saturated rings. The predicted octanol–water partition coefficient (Wildman–Crippen LogP) is 9.65. The lowest BCUT2D eigenvalue weighted by molar-refractivity contribution is 0.621. The van der Waals surface area contributed by atoms with Gasteiger partial charge in [-0.1, -0.05) is 97.1 Å². The van der Waals surface area contributed by atoms with Gasteiger partial charge in [0, 0.05) is 36.9 Å². The second-order valence-electron chi connectivity index (χ2n) is 9.64. The van der Waals surface area contributed by atoms with E-state index < -0.39 is 0 Å². The first-order valence-electron chi connectivity index (χ1n) is 13.1. The lowest BCUT2D eigenvalue weighted by atomic mass is 10.0. The summed E-state index contributed by atoms with van der Waals surface area (Å²) >= 11 is 1.75. The fourth-order valence-electron chi connectivity index (χ4n) is 5.27. The van der Waals surface area contributed by atoms with Crippen LogP contribution < -0.4 is 0 Å². The van der Waals surface area contributed by atoms with Gasteiger partial charge in [-0.25, -0.2) is 15.0 Å². The summed E-state index contributed by atoms with van der Waals surface area (Å²) in [5.74, 6) is 1.34. The molecule has 40 heavy (non-hydrogen) atoms. The Hall–Kier alpha value is -5.13. The minimum atomic E-state index is 0.633. The van der Waals surface area contributed by atoms with Crippen molar-refractivity contribution in [2.75, 3.05) is 0 Å². The molecule has 3 heterocycles. The number of rotatable bonds is 4. The molecule has 5 aromatic carbocycles. The summed E-state index contributed by atoms with van der Waals surface area (Å²) in [7, 11) is 0. The van der Waals surface area contributed by atoms with E-state index in [-0.39, 0.29) is 0 Å². The summed E-state index contributed by atoms with van der Waals surface area (Å²) in [5.41, 5.74) is 7.55. The van der Waals surface area contributed by atoms with E-state index in [4.69, 9.17) is 19.4 Å². The molecule has 5 heteroatoms. The van der Waals surface area contributed by atoms with Gasteiger partial charge in [-0.3, -0.25) is 0 Å². The topological polar surface area (TPSA) is 51.8 Å². The lowest BCUT2D eigenvalue weighted by Gasteiger charge is -2.10. The van der Waals surface area contributed by atoms with Crippen molar-refractivity contribution >= 4 is 42.6 Å². The first-order valence-corrected chi connectivity index (χ1v) is 13.9. The number of aromatic nitrogens is 3. The van der Waals surface area contributed by atoms with Crippen molar-refractivity contribution in [3.8, 4) is 45.4 Å². The van der Waals surface area contributed by atoms with Crippen LogP contribution in [0.1, 0.15) is 0 Å². The van der Waals surface area contributed by atoms with Crippen LogP contribution in [0.2, 0.25) is 0 Å². The van der Waals surface area contributed by atoms with Crippen molar-refractivity contribution in [1.29, 1.82) is 0 Å². The SMILES string of the molecule is c1ccc(-c2cc(-c3ccccc3)nc(-c3cccc4sc5c(-c6nc7ccccc7o6)cccc5c34)n2)cc1. The summed E-state index contributed by atoms with van der Waals surface area (Å²) in [6.45, 7) is 0. The van der Waals surface area contributed by atoms with Crippen molar-refractivity contribution in [3.05, 3.63) is 127 Å². The summed E-state index contributed by atoms with van der Waals surface area (Å²) in [6, 6.07) is 43.2. The number of para-hydroxylation sites is 2. The van der Waals surface area contributed by atoms with Crippen LogP contribution in [0.5, 0.6) is 0 Å². The number of thiophene rings is 1. The molecule has 0 aliphatic rings. The molecule has 0 aliphatic heterocycles. The lowest BCUT2D eigenvalue weighted by Crippen LogP contribution is -1.96. The van der Waals surface area contributed by atoms with Crippen LogP contribution in [-0.2, 0) is 0 Å². The summed E-state index contributed by atoms with van der Waals surface area (Å²) in [4.78, 5) is 15.0. The zero-order valence-electron chi connectivity index (χ0n) is 21.3. The average molecular weight is 532 g/mol.